The lowest BCUT2D eigenvalue weighted by Gasteiger charge is -2.09. The van der Waals surface area contributed by atoms with Crippen molar-refractivity contribution in [2.75, 3.05) is 13.2 Å². The molecule has 1 aromatic heterocycles. The molecule has 0 aliphatic heterocycles. The predicted molar refractivity (Wildman–Crippen MR) is 82.5 cm³/mol. The molecule has 0 aliphatic carbocycles. The molecule has 0 amide bonds. The minimum Gasteiger partial charge on any atom is -0.396 e. The highest BCUT2D eigenvalue weighted by Gasteiger charge is 2.16. The van der Waals surface area contributed by atoms with E-state index in [1.54, 1.807) is 36.5 Å². The van der Waals surface area contributed by atoms with Crippen LogP contribution < -0.4 is 4.72 Å². The molecule has 0 bridgehead atoms. The summed E-state index contributed by atoms with van der Waals surface area (Å²) in [6.45, 7) is 0.596. The zero-order valence-corrected chi connectivity index (χ0v) is 12.6. The van der Waals surface area contributed by atoms with E-state index in [1.165, 1.54) is 0 Å². The maximum absolute atomic E-state index is 12.4. The molecule has 0 unspecified atom stereocenters. The van der Waals surface area contributed by atoms with Gasteiger partial charge < -0.3 is 5.11 Å². The highest BCUT2D eigenvalue weighted by atomic mass is 32.2. The van der Waals surface area contributed by atoms with E-state index < -0.39 is 10.0 Å². The lowest BCUT2D eigenvalue weighted by atomic mass is 10.2. The Morgan fingerprint density at radius 2 is 1.86 bits per heavy atom. The molecule has 2 N–H and O–H groups in total. The van der Waals surface area contributed by atoms with Gasteiger partial charge in [0.1, 0.15) is 0 Å². The highest BCUT2D eigenvalue weighted by Crippen LogP contribution is 2.20. The summed E-state index contributed by atoms with van der Waals surface area (Å²) in [5.41, 5.74) is 0.670. The van der Waals surface area contributed by atoms with E-state index in [-0.39, 0.29) is 11.5 Å². The lowest BCUT2D eigenvalue weighted by molar-refractivity contribution is 0.282. The van der Waals surface area contributed by atoms with Gasteiger partial charge in [-0.3, -0.25) is 4.98 Å². The number of hydrogen-bond donors (Lipinski definition) is 2. The second-order valence-electron chi connectivity index (χ2n) is 4.86. The number of pyridine rings is 1. The first kappa shape index (κ1) is 15.9. The van der Waals surface area contributed by atoms with Gasteiger partial charge in [0.25, 0.3) is 0 Å². The standard InChI is InChI=1S/C15H20N2O3S/c18-12-4-2-1-3-11-17-21(19,20)15-9-5-8-14-13(15)7-6-10-16-14/h5-10,17-18H,1-4,11-12H2. The van der Waals surface area contributed by atoms with Crippen LogP contribution in [0.3, 0.4) is 0 Å². The van der Waals surface area contributed by atoms with Crippen molar-refractivity contribution in [3.63, 3.8) is 0 Å². The number of unbranched alkanes of at least 4 members (excludes halogenated alkanes) is 3. The molecule has 0 aliphatic rings. The summed E-state index contributed by atoms with van der Waals surface area (Å²) < 4.78 is 27.3. The number of hydrogen-bond acceptors (Lipinski definition) is 4. The molecule has 0 spiro atoms. The van der Waals surface area contributed by atoms with Gasteiger partial charge in [-0.2, -0.15) is 0 Å². The lowest BCUT2D eigenvalue weighted by Crippen LogP contribution is -2.25. The summed E-state index contributed by atoms with van der Waals surface area (Å²) in [5, 5.41) is 9.32. The first-order valence-electron chi connectivity index (χ1n) is 7.09. The Kier molecular flexibility index (Phi) is 5.67. The van der Waals surface area contributed by atoms with Crippen LogP contribution in [0.5, 0.6) is 0 Å². The maximum Gasteiger partial charge on any atom is 0.241 e. The molecule has 2 aromatic rings. The number of rotatable bonds is 8. The fraction of sp³-hybridized carbons (Fsp3) is 0.400. The summed E-state index contributed by atoms with van der Waals surface area (Å²) in [6.07, 6.45) is 4.99. The third-order valence-electron chi connectivity index (χ3n) is 3.27. The fourth-order valence-electron chi connectivity index (χ4n) is 2.18. The molecular weight excluding hydrogens is 288 g/mol. The van der Waals surface area contributed by atoms with Crippen molar-refractivity contribution in [1.29, 1.82) is 0 Å². The molecule has 0 atom stereocenters. The van der Waals surface area contributed by atoms with E-state index in [2.05, 4.69) is 9.71 Å². The van der Waals surface area contributed by atoms with E-state index in [0.717, 1.165) is 25.7 Å². The number of aromatic nitrogens is 1. The van der Waals surface area contributed by atoms with Crippen molar-refractivity contribution in [3.05, 3.63) is 36.5 Å². The van der Waals surface area contributed by atoms with Crippen molar-refractivity contribution in [1.82, 2.24) is 9.71 Å². The van der Waals surface area contributed by atoms with Gasteiger partial charge in [0, 0.05) is 24.7 Å². The van der Waals surface area contributed by atoms with E-state index in [4.69, 9.17) is 5.11 Å². The average molecular weight is 308 g/mol. The Morgan fingerprint density at radius 3 is 2.67 bits per heavy atom. The van der Waals surface area contributed by atoms with Crippen LogP contribution >= 0.6 is 0 Å². The Bertz CT molecular complexity index is 681. The van der Waals surface area contributed by atoms with E-state index in [1.807, 2.05) is 0 Å². The monoisotopic (exact) mass is 308 g/mol. The second kappa shape index (κ2) is 7.49. The number of fused-ring (bicyclic) bond motifs is 1. The van der Waals surface area contributed by atoms with Gasteiger partial charge in [-0.1, -0.05) is 18.9 Å². The summed E-state index contributed by atoms with van der Waals surface area (Å²) in [4.78, 5) is 4.44. The van der Waals surface area contributed by atoms with Crippen molar-refractivity contribution < 1.29 is 13.5 Å². The van der Waals surface area contributed by atoms with E-state index >= 15 is 0 Å². The first-order valence-corrected chi connectivity index (χ1v) is 8.58. The van der Waals surface area contributed by atoms with E-state index in [9.17, 15) is 8.42 Å². The molecule has 5 nitrogen and oxygen atoms in total. The van der Waals surface area contributed by atoms with Gasteiger partial charge in [0.15, 0.2) is 0 Å². The van der Waals surface area contributed by atoms with E-state index in [0.29, 0.717) is 17.4 Å². The Morgan fingerprint density at radius 1 is 1.05 bits per heavy atom. The SMILES string of the molecule is O=S(=O)(NCCCCCCO)c1cccc2ncccc12. The molecule has 6 heteroatoms. The van der Waals surface area contributed by atoms with Crippen molar-refractivity contribution in [3.8, 4) is 0 Å². The topological polar surface area (TPSA) is 79.3 Å². The number of nitrogens with zero attached hydrogens (tertiary/aromatic N) is 1. The second-order valence-corrected chi connectivity index (χ2v) is 6.60. The molecule has 114 valence electrons. The Balaban J connectivity index is 2.05. The first-order chi connectivity index (χ1) is 10.1. The summed E-state index contributed by atoms with van der Waals surface area (Å²) in [6, 6.07) is 8.58. The van der Waals surface area contributed by atoms with Crippen molar-refractivity contribution in [2.45, 2.75) is 30.6 Å². The highest BCUT2D eigenvalue weighted by molar-refractivity contribution is 7.89. The fourth-order valence-corrected chi connectivity index (χ4v) is 3.47. The summed E-state index contributed by atoms with van der Waals surface area (Å²) in [7, 11) is -3.52. The number of nitrogens with one attached hydrogen (secondary N) is 1. The molecule has 1 heterocycles. The van der Waals surface area contributed by atoms with Gasteiger partial charge in [0.2, 0.25) is 10.0 Å². The van der Waals surface area contributed by atoms with Crippen LogP contribution in [0.4, 0.5) is 0 Å². The molecule has 2 rings (SSSR count). The summed E-state index contributed by atoms with van der Waals surface area (Å²) in [5.74, 6) is 0. The van der Waals surface area contributed by atoms with Gasteiger partial charge in [-0.25, -0.2) is 13.1 Å². The smallest absolute Gasteiger partial charge is 0.241 e. The van der Waals surface area contributed by atoms with Gasteiger partial charge in [-0.15, -0.1) is 0 Å². The minimum absolute atomic E-state index is 0.189. The summed E-state index contributed by atoms with van der Waals surface area (Å²) >= 11 is 0. The van der Waals surface area contributed by atoms with Crippen molar-refractivity contribution >= 4 is 20.9 Å². The van der Waals surface area contributed by atoms with Crippen LogP contribution in [0.1, 0.15) is 25.7 Å². The normalized spacial score (nSPS) is 11.9. The van der Waals surface area contributed by atoms with Crippen LogP contribution in [0.2, 0.25) is 0 Å². The molecule has 0 radical (unpaired) electrons. The quantitative estimate of drug-likeness (QED) is 0.732. The van der Waals surface area contributed by atoms with Crippen LogP contribution in [-0.4, -0.2) is 31.7 Å². The zero-order valence-electron chi connectivity index (χ0n) is 11.8. The van der Waals surface area contributed by atoms with Gasteiger partial charge >= 0.3 is 0 Å². The molecular formula is C15H20N2O3S. The van der Waals surface area contributed by atoms with Crippen LogP contribution in [-0.2, 0) is 10.0 Å². The van der Waals surface area contributed by atoms with Crippen molar-refractivity contribution in [2.24, 2.45) is 0 Å². The largest absolute Gasteiger partial charge is 0.396 e. The minimum atomic E-state index is -3.52. The number of aliphatic hydroxyl groups excluding tert-OH is 1. The van der Waals surface area contributed by atoms with Crippen LogP contribution in [0, 0.1) is 0 Å². The number of aliphatic hydroxyl groups is 1. The van der Waals surface area contributed by atoms with Crippen LogP contribution in [0.15, 0.2) is 41.4 Å². The number of benzene rings is 1. The zero-order chi connectivity index (χ0) is 15.1. The molecule has 0 saturated carbocycles. The average Bonchev–Trinajstić information content (AvgIpc) is 2.50. The molecule has 0 fully saturated rings. The third kappa shape index (κ3) is 4.23. The Labute approximate surface area is 125 Å². The van der Waals surface area contributed by atoms with Gasteiger partial charge in [0.05, 0.1) is 10.4 Å². The van der Waals surface area contributed by atoms with Gasteiger partial charge in [-0.05, 0) is 37.1 Å². The molecule has 0 saturated heterocycles. The Hall–Kier alpha value is -1.50. The predicted octanol–water partition coefficient (Wildman–Crippen LogP) is 2.07. The third-order valence-corrected chi connectivity index (χ3v) is 4.79. The van der Waals surface area contributed by atoms with Crippen LogP contribution in [0.25, 0.3) is 10.9 Å². The number of sulfonamides is 1. The maximum atomic E-state index is 12.4. The molecule has 1 aromatic carbocycles. The molecule has 21 heavy (non-hydrogen) atoms.